The topological polar surface area (TPSA) is 50.8 Å². The van der Waals surface area contributed by atoms with E-state index in [9.17, 15) is 18.0 Å². The third-order valence-corrected chi connectivity index (χ3v) is 4.18. The third-order valence-electron chi connectivity index (χ3n) is 4.18. The highest BCUT2D eigenvalue weighted by Gasteiger charge is 2.47. The van der Waals surface area contributed by atoms with E-state index in [1.165, 1.54) is 37.3 Å². The van der Waals surface area contributed by atoms with Gasteiger partial charge in [0.05, 0.1) is 26.5 Å². The summed E-state index contributed by atoms with van der Waals surface area (Å²) in [7, 11) is 2.91. The van der Waals surface area contributed by atoms with E-state index in [4.69, 9.17) is 9.47 Å². The number of fused-ring (bicyclic) bond motifs is 1. The molecule has 1 aliphatic heterocycles. The summed E-state index contributed by atoms with van der Waals surface area (Å²) < 4.78 is 50.3. The monoisotopic (exact) mass is 366 g/mol. The number of carbonyl (C=O) groups excluding carboxylic acids is 1. The van der Waals surface area contributed by atoms with E-state index in [1.54, 1.807) is 24.3 Å². The number of nitrogens with zero attached hydrogens (tertiary/aromatic N) is 1. The molecule has 138 valence electrons. The van der Waals surface area contributed by atoms with E-state index in [2.05, 4.69) is 0 Å². The minimum atomic E-state index is -4.61. The Morgan fingerprint density at radius 1 is 1.04 bits per heavy atom. The van der Waals surface area contributed by atoms with Gasteiger partial charge in [0.25, 0.3) is 0 Å². The fourth-order valence-electron chi connectivity index (χ4n) is 2.85. The van der Waals surface area contributed by atoms with Crippen LogP contribution in [0.2, 0.25) is 0 Å². The molecule has 1 aliphatic rings. The van der Waals surface area contributed by atoms with E-state index in [0.29, 0.717) is 11.5 Å². The van der Waals surface area contributed by atoms with Crippen molar-refractivity contribution in [2.24, 2.45) is 0 Å². The van der Waals surface area contributed by atoms with Gasteiger partial charge in [-0.05, 0) is 35.9 Å². The van der Waals surface area contributed by atoms with Gasteiger partial charge in [-0.2, -0.15) is 13.2 Å². The lowest BCUT2D eigenvalue weighted by atomic mass is 10.00. The number of rotatable bonds is 4. The van der Waals surface area contributed by atoms with Gasteiger partial charge in [-0.3, -0.25) is 4.90 Å². The molecular formula is C18H17F3N2O3. The van der Waals surface area contributed by atoms with Crippen molar-refractivity contribution in [1.82, 2.24) is 5.32 Å². The van der Waals surface area contributed by atoms with Gasteiger partial charge in [-0.25, -0.2) is 4.79 Å². The largest absolute Gasteiger partial charge is 0.497 e. The van der Waals surface area contributed by atoms with Crippen molar-refractivity contribution >= 4 is 11.7 Å². The van der Waals surface area contributed by atoms with Crippen LogP contribution in [0.4, 0.5) is 23.7 Å². The molecule has 0 fully saturated rings. The van der Waals surface area contributed by atoms with Gasteiger partial charge in [0.2, 0.25) is 0 Å². The van der Waals surface area contributed by atoms with Crippen molar-refractivity contribution in [2.75, 3.05) is 19.1 Å². The molecule has 1 atom stereocenters. The summed E-state index contributed by atoms with van der Waals surface area (Å²) >= 11 is 0. The van der Waals surface area contributed by atoms with Gasteiger partial charge >= 0.3 is 12.2 Å². The molecule has 2 amide bonds. The predicted molar refractivity (Wildman–Crippen MR) is 89.5 cm³/mol. The number of benzene rings is 2. The van der Waals surface area contributed by atoms with Gasteiger partial charge in [0, 0.05) is 5.56 Å². The van der Waals surface area contributed by atoms with E-state index < -0.39 is 18.2 Å². The van der Waals surface area contributed by atoms with Crippen molar-refractivity contribution in [1.29, 1.82) is 0 Å². The van der Waals surface area contributed by atoms with Crippen LogP contribution in [0.3, 0.4) is 0 Å². The number of nitrogens with one attached hydrogen (secondary N) is 1. The average Bonchev–Trinajstić information content (AvgIpc) is 2.63. The Kier molecular flexibility index (Phi) is 4.67. The second-order valence-electron chi connectivity index (χ2n) is 5.78. The molecule has 1 N–H and O–H groups in total. The van der Waals surface area contributed by atoms with E-state index in [0.717, 1.165) is 5.56 Å². The first-order valence-electron chi connectivity index (χ1n) is 7.79. The zero-order valence-corrected chi connectivity index (χ0v) is 14.1. The molecule has 2 aromatic rings. The average molecular weight is 366 g/mol. The molecule has 8 heteroatoms. The van der Waals surface area contributed by atoms with Crippen molar-refractivity contribution < 1.29 is 27.4 Å². The molecule has 0 aliphatic carbocycles. The number of ether oxygens (including phenoxy) is 2. The zero-order chi connectivity index (χ0) is 18.9. The SMILES string of the molecule is COc1ccc(CN2C(=O)N[C@@H](C(F)(F)F)c3cc(OC)ccc32)cc1. The highest BCUT2D eigenvalue weighted by Crippen LogP contribution is 2.42. The van der Waals surface area contributed by atoms with Crippen LogP contribution in [0.1, 0.15) is 17.2 Å². The minimum Gasteiger partial charge on any atom is -0.497 e. The van der Waals surface area contributed by atoms with Gasteiger partial charge < -0.3 is 14.8 Å². The number of urea groups is 1. The molecule has 0 saturated heterocycles. The molecule has 0 saturated carbocycles. The standard InChI is InChI=1S/C18H17F3N2O3/c1-25-12-5-3-11(4-6-12)10-23-15-8-7-13(26-2)9-14(15)16(18(19,20)21)22-17(23)24/h3-9,16H,10H2,1-2H3,(H,22,24)/t16-/m1/s1. The lowest BCUT2D eigenvalue weighted by Gasteiger charge is -2.36. The first-order valence-corrected chi connectivity index (χ1v) is 7.79. The summed E-state index contributed by atoms with van der Waals surface area (Å²) in [5.74, 6) is 0.942. The van der Waals surface area contributed by atoms with Crippen LogP contribution in [0.25, 0.3) is 0 Å². The van der Waals surface area contributed by atoms with Crippen LogP contribution in [0, 0.1) is 0 Å². The fraction of sp³-hybridized carbons (Fsp3) is 0.278. The van der Waals surface area contributed by atoms with Crippen molar-refractivity contribution in [3.63, 3.8) is 0 Å². The number of carbonyl (C=O) groups is 1. The maximum atomic E-state index is 13.4. The molecule has 0 aromatic heterocycles. The van der Waals surface area contributed by atoms with E-state index >= 15 is 0 Å². The number of hydrogen-bond acceptors (Lipinski definition) is 3. The Morgan fingerprint density at radius 3 is 2.23 bits per heavy atom. The summed E-state index contributed by atoms with van der Waals surface area (Å²) in [5, 5.41) is 2.04. The molecule has 0 bridgehead atoms. The molecule has 5 nitrogen and oxygen atoms in total. The molecule has 26 heavy (non-hydrogen) atoms. The molecular weight excluding hydrogens is 349 g/mol. The lowest BCUT2D eigenvalue weighted by molar-refractivity contribution is -0.155. The van der Waals surface area contributed by atoms with Crippen LogP contribution >= 0.6 is 0 Å². The molecule has 0 unspecified atom stereocenters. The van der Waals surface area contributed by atoms with Crippen molar-refractivity contribution in [3.05, 3.63) is 53.6 Å². The molecule has 2 aromatic carbocycles. The Hall–Kier alpha value is -2.90. The number of amides is 2. The van der Waals surface area contributed by atoms with Crippen LogP contribution in [0.5, 0.6) is 11.5 Å². The smallest absolute Gasteiger partial charge is 0.413 e. The van der Waals surface area contributed by atoms with Gasteiger partial charge in [-0.15, -0.1) is 0 Å². The predicted octanol–water partition coefficient (Wildman–Crippen LogP) is 4.04. The van der Waals surface area contributed by atoms with Crippen LogP contribution in [-0.2, 0) is 6.54 Å². The highest BCUT2D eigenvalue weighted by atomic mass is 19.4. The van der Waals surface area contributed by atoms with Crippen LogP contribution in [0.15, 0.2) is 42.5 Å². The number of methoxy groups -OCH3 is 2. The molecule has 0 radical (unpaired) electrons. The maximum absolute atomic E-state index is 13.4. The van der Waals surface area contributed by atoms with Gasteiger partial charge in [0.15, 0.2) is 6.04 Å². The Labute approximate surface area is 148 Å². The second-order valence-corrected chi connectivity index (χ2v) is 5.78. The number of alkyl halides is 3. The Bertz CT molecular complexity index is 806. The third kappa shape index (κ3) is 3.40. The number of hydrogen-bond donors (Lipinski definition) is 1. The lowest BCUT2D eigenvalue weighted by Crippen LogP contribution is -2.50. The summed E-state index contributed by atoms with van der Waals surface area (Å²) in [4.78, 5) is 13.6. The fourth-order valence-corrected chi connectivity index (χ4v) is 2.85. The number of anilines is 1. The van der Waals surface area contributed by atoms with E-state index in [-0.39, 0.29) is 17.8 Å². The summed E-state index contributed by atoms with van der Waals surface area (Å²) in [6.07, 6.45) is -4.61. The Balaban J connectivity index is 1.99. The minimum absolute atomic E-state index is 0.0510. The number of halogens is 3. The van der Waals surface area contributed by atoms with Gasteiger partial charge in [-0.1, -0.05) is 12.1 Å². The molecule has 1 heterocycles. The zero-order valence-electron chi connectivity index (χ0n) is 14.1. The van der Waals surface area contributed by atoms with Gasteiger partial charge in [0.1, 0.15) is 11.5 Å². The maximum Gasteiger partial charge on any atom is 0.413 e. The normalized spacial score (nSPS) is 16.7. The first kappa shape index (κ1) is 17.9. The summed E-state index contributed by atoms with van der Waals surface area (Å²) in [6, 6.07) is 8.38. The quantitative estimate of drug-likeness (QED) is 0.889. The highest BCUT2D eigenvalue weighted by molar-refractivity contribution is 5.95. The second kappa shape index (κ2) is 6.78. The van der Waals surface area contributed by atoms with Crippen molar-refractivity contribution in [2.45, 2.75) is 18.8 Å². The summed E-state index contributed by atoms with van der Waals surface area (Å²) in [6.45, 7) is 0.125. The van der Waals surface area contributed by atoms with E-state index in [1.807, 2.05) is 5.32 Å². The van der Waals surface area contributed by atoms with Crippen LogP contribution < -0.4 is 19.7 Å². The summed E-state index contributed by atoms with van der Waals surface area (Å²) in [5.41, 5.74) is 0.908. The van der Waals surface area contributed by atoms with Crippen molar-refractivity contribution in [3.8, 4) is 11.5 Å². The molecule has 3 rings (SSSR count). The first-order chi connectivity index (χ1) is 12.3. The van der Waals surface area contributed by atoms with Crippen LogP contribution in [-0.4, -0.2) is 26.4 Å². The molecule has 0 spiro atoms. The Morgan fingerprint density at radius 2 is 1.65 bits per heavy atom.